The van der Waals surface area contributed by atoms with Crippen LogP contribution in [0.1, 0.15) is 24.5 Å². The third-order valence-corrected chi connectivity index (χ3v) is 4.51. The van der Waals surface area contributed by atoms with Gasteiger partial charge in [0.15, 0.2) is 0 Å². The van der Waals surface area contributed by atoms with Crippen LogP contribution in [0.2, 0.25) is 0 Å². The van der Waals surface area contributed by atoms with Crippen molar-refractivity contribution in [3.8, 4) is 0 Å². The van der Waals surface area contributed by atoms with Crippen molar-refractivity contribution >= 4 is 27.3 Å². The van der Waals surface area contributed by atoms with Gasteiger partial charge in [0.05, 0.1) is 5.69 Å². The molecule has 3 heteroatoms. The smallest absolute Gasteiger partial charge is 0.0552 e. The zero-order valence-electron chi connectivity index (χ0n) is 12.9. The van der Waals surface area contributed by atoms with Crippen LogP contribution in [0.25, 0.3) is 0 Å². The predicted molar refractivity (Wildman–Crippen MR) is 95.4 cm³/mol. The maximum Gasteiger partial charge on any atom is 0.0552 e. The second-order valence-corrected chi connectivity index (χ2v) is 6.36. The van der Waals surface area contributed by atoms with Crippen LogP contribution in [-0.4, -0.2) is 13.1 Å². The minimum absolute atomic E-state index is 0.233. The zero-order chi connectivity index (χ0) is 15.4. The van der Waals surface area contributed by atoms with Gasteiger partial charge in [0.2, 0.25) is 0 Å². The number of benzene rings is 2. The van der Waals surface area contributed by atoms with Crippen molar-refractivity contribution in [1.29, 1.82) is 0 Å². The number of para-hydroxylation sites is 1. The SMILES string of the molecule is CCC(N)Cc1ccc(N(C)c2ccccc2C)c(Br)c1. The summed E-state index contributed by atoms with van der Waals surface area (Å²) in [7, 11) is 2.10. The molecule has 0 fully saturated rings. The first-order valence-corrected chi connectivity index (χ1v) is 8.15. The third kappa shape index (κ3) is 3.86. The van der Waals surface area contributed by atoms with Gasteiger partial charge in [-0.1, -0.05) is 31.2 Å². The summed E-state index contributed by atoms with van der Waals surface area (Å²) in [4.78, 5) is 2.21. The Labute approximate surface area is 136 Å². The van der Waals surface area contributed by atoms with E-state index in [9.17, 15) is 0 Å². The molecule has 0 radical (unpaired) electrons. The molecule has 0 bridgehead atoms. The van der Waals surface area contributed by atoms with Gasteiger partial charge in [-0.15, -0.1) is 0 Å². The van der Waals surface area contributed by atoms with Gasteiger partial charge in [0.1, 0.15) is 0 Å². The molecule has 0 saturated heterocycles. The van der Waals surface area contributed by atoms with E-state index in [0.717, 1.165) is 23.0 Å². The van der Waals surface area contributed by atoms with Crippen molar-refractivity contribution in [3.63, 3.8) is 0 Å². The first kappa shape index (κ1) is 16.1. The molecule has 0 aromatic heterocycles. The van der Waals surface area contributed by atoms with E-state index < -0.39 is 0 Å². The molecule has 0 saturated carbocycles. The fraction of sp³-hybridized carbons (Fsp3) is 0.333. The Bertz CT molecular complexity index is 610. The molecule has 21 heavy (non-hydrogen) atoms. The summed E-state index contributed by atoms with van der Waals surface area (Å²) >= 11 is 3.70. The topological polar surface area (TPSA) is 29.3 Å². The third-order valence-electron chi connectivity index (χ3n) is 3.87. The summed E-state index contributed by atoms with van der Waals surface area (Å²) < 4.78 is 1.11. The average Bonchev–Trinajstić information content (AvgIpc) is 2.47. The molecule has 0 amide bonds. The summed E-state index contributed by atoms with van der Waals surface area (Å²) in [6.07, 6.45) is 1.92. The lowest BCUT2D eigenvalue weighted by atomic mass is 10.0. The van der Waals surface area contributed by atoms with Crippen LogP contribution in [0.4, 0.5) is 11.4 Å². The van der Waals surface area contributed by atoms with E-state index in [2.05, 4.69) is 84.2 Å². The number of nitrogens with zero attached hydrogens (tertiary/aromatic N) is 1. The van der Waals surface area contributed by atoms with Crippen molar-refractivity contribution in [2.24, 2.45) is 5.73 Å². The van der Waals surface area contributed by atoms with E-state index in [1.165, 1.54) is 16.8 Å². The van der Waals surface area contributed by atoms with Crippen molar-refractivity contribution in [1.82, 2.24) is 0 Å². The van der Waals surface area contributed by atoms with Crippen LogP contribution in [0.15, 0.2) is 46.9 Å². The fourth-order valence-corrected chi connectivity index (χ4v) is 3.16. The van der Waals surface area contributed by atoms with Gasteiger partial charge >= 0.3 is 0 Å². The molecule has 0 spiro atoms. The summed E-state index contributed by atoms with van der Waals surface area (Å²) in [5.74, 6) is 0. The number of aryl methyl sites for hydroxylation is 1. The number of nitrogens with two attached hydrogens (primary N) is 1. The highest BCUT2D eigenvalue weighted by molar-refractivity contribution is 9.10. The minimum Gasteiger partial charge on any atom is -0.343 e. The summed E-state index contributed by atoms with van der Waals surface area (Å²) in [6, 6.07) is 15.2. The van der Waals surface area contributed by atoms with Crippen LogP contribution in [0, 0.1) is 6.92 Å². The zero-order valence-corrected chi connectivity index (χ0v) is 14.5. The highest BCUT2D eigenvalue weighted by Gasteiger charge is 2.11. The molecule has 2 nitrogen and oxygen atoms in total. The molecule has 2 aromatic carbocycles. The first-order valence-electron chi connectivity index (χ1n) is 7.36. The van der Waals surface area contributed by atoms with E-state index in [1.54, 1.807) is 0 Å². The van der Waals surface area contributed by atoms with Crippen LogP contribution >= 0.6 is 15.9 Å². The van der Waals surface area contributed by atoms with Crippen LogP contribution < -0.4 is 10.6 Å². The number of halogens is 1. The highest BCUT2D eigenvalue weighted by atomic mass is 79.9. The van der Waals surface area contributed by atoms with Crippen molar-refractivity contribution < 1.29 is 0 Å². The molecule has 1 unspecified atom stereocenters. The normalized spacial score (nSPS) is 12.2. The van der Waals surface area contributed by atoms with Gasteiger partial charge < -0.3 is 10.6 Å². The van der Waals surface area contributed by atoms with Gasteiger partial charge in [-0.3, -0.25) is 0 Å². The monoisotopic (exact) mass is 346 g/mol. The Morgan fingerprint density at radius 3 is 2.48 bits per heavy atom. The number of hydrogen-bond donors (Lipinski definition) is 1. The molecular formula is C18H23BrN2. The summed E-state index contributed by atoms with van der Waals surface area (Å²) in [5, 5.41) is 0. The Hall–Kier alpha value is -1.32. The lowest BCUT2D eigenvalue weighted by Crippen LogP contribution is -2.21. The molecule has 2 rings (SSSR count). The van der Waals surface area contributed by atoms with Crippen LogP contribution in [-0.2, 0) is 6.42 Å². The number of rotatable bonds is 5. The minimum atomic E-state index is 0.233. The molecular weight excluding hydrogens is 324 g/mol. The van der Waals surface area contributed by atoms with E-state index in [1.807, 2.05) is 0 Å². The van der Waals surface area contributed by atoms with Crippen LogP contribution in [0.5, 0.6) is 0 Å². The van der Waals surface area contributed by atoms with Gasteiger partial charge in [-0.2, -0.15) is 0 Å². The number of hydrogen-bond acceptors (Lipinski definition) is 2. The Morgan fingerprint density at radius 1 is 1.14 bits per heavy atom. The van der Waals surface area contributed by atoms with Gasteiger partial charge in [-0.25, -0.2) is 0 Å². The van der Waals surface area contributed by atoms with E-state index in [-0.39, 0.29) is 6.04 Å². The van der Waals surface area contributed by atoms with E-state index in [4.69, 9.17) is 5.73 Å². The molecule has 0 aliphatic carbocycles. The Morgan fingerprint density at radius 2 is 1.86 bits per heavy atom. The average molecular weight is 347 g/mol. The molecule has 112 valence electrons. The summed E-state index contributed by atoms with van der Waals surface area (Å²) in [6.45, 7) is 4.26. The lowest BCUT2D eigenvalue weighted by Gasteiger charge is -2.23. The van der Waals surface area contributed by atoms with Crippen molar-refractivity contribution in [3.05, 3.63) is 58.1 Å². The van der Waals surface area contributed by atoms with E-state index >= 15 is 0 Å². The second kappa shape index (κ2) is 7.10. The van der Waals surface area contributed by atoms with Gasteiger partial charge in [0.25, 0.3) is 0 Å². The molecule has 2 aromatic rings. The van der Waals surface area contributed by atoms with Gasteiger partial charge in [-0.05, 0) is 65.0 Å². The lowest BCUT2D eigenvalue weighted by molar-refractivity contribution is 0.646. The van der Waals surface area contributed by atoms with E-state index in [0.29, 0.717) is 0 Å². The fourth-order valence-electron chi connectivity index (χ4n) is 2.47. The van der Waals surface area contributed by atoms with Crippen molar-refractivity contribution in [2.75, 3.05) is 11.9 Å². The summed E-state index contributed by atoms with van der Waals surface area (Å²) in [5.41, 5.74) is 11.0. The molecule has 0 aliphatic rings. The van der Waals surface area contributed by atoms with Crippen molar-refractivity contribution in [2.45, 2.75) is 32.7 Å². The van der Waals surface area contributed by atoms with Gasteiger partial charge in [0, 0.05) is 23.2 Å². The highest BCUT2D eigenvalue weighted by Crippen LogP contribution is 2.33. The largest absolute Gasteiger partial charge is 0.343 e. The molecule has 0 heterocycles. The standard InChI is InChI=1S/C18H23BrN2/c1-4-15(20)11-14-9-10-18(16(19)12-14)21(3)17-8-6-5-7-13(17)2/h5-10,12,15H,4,11,20H2,1-3H3. The molecule has 1 atom stereocenters. The molecule has 0 aliphatic heterocycles. The Balaban J connectivity index is 2.27. The first-order chi connectivity index (χ1) is 10.0. The second-order valence-electron chi connectivity index (χ2n) is 5.50. The predicted octanol–water partition coefficient (Wildman–Crippen LogP) is 4.81. The molecule has 2 N–H and O–H groups in total. The number of anilines is 2. The maximum atomic E-state index is 6.04. The Kier molecular flexibility index (Phi) is 5.43. The maximum absolute atomic E-state index is 6.04. The quantitative estimate of drug-likeness (QED) is 0.841. The van der Waals surface area contributed by atoms with Crippen LogP contribution in [0.3, 0.4) is 0 Å².